The molecular weight excluding hydrogens is 266 g/mol. The fourth-order valence-electron chi connectivity index (χ4n) is 1.26. The highest BCUT2D eigenvalue weighted by molar-refractivity contribution is 7.10. The van der Waals surface area contributed by atoms with Gasteiger partial charge in [0.05, 0.1) is 6.54 Å². The summed E-state index contributed by atoms with van der Waals surface area (Å²) < 4.78 is 5.03. The maximum absolute atomic E-state index is 11.5. The molecule has 0 radical (unpaired) electrons. The molecule has 7 nitrogen and oxygen atoms in total. The summed E-state index contributed by atoms with van der Waals surface area (Å²) in [7, 11) is 1.74. The minimum absolute atomic E-state index is 0.0428. The van der Waals surface area contributed by atoms with Gasteiger partial charge in [0.25, 0.3) is 5.56 Å². The highest BCUT2D eigenvalue weighted by Crippen LogP contribution is 2.17. The number of anilines is 1. The number of aromatic nitrogens is 4. The third-order valence-corrected chi connectivity index (χ3v) is 3.13. The monoisotopic (exact) mass is 273 g/mol. The molecule has 0 saturated heterocycles. The molecule has 2 aromatic heterocycles. The summed E-state index contributed by atoms with van der Waals surface area (Å²) in [5, 5.41) is 7.52. The van der Waals surface area contributed by atoms with Gasteiger partial charge in [0.2, 0.25) is 0 Å². The summed E-state index contributed by atoms with van der Waals surface area (Å²) >= 11 is 6.84. The maximum atomic E-state index is 11.5. The van der Waals surface area contributed by atoms with Gasteiger partial charge in [0.15, 0.2) is 0 Å². The Bertz CT molecular complexity index is 646. The van der Waals surface area contributed by atoms with E-state index in [4.69, 9.17) is 11.6 Å². The van der Waals surface area contributed by atoms with Gasteiger partial charge in [-0.1, -0.05) is 16.1 Å². The lowest BCUT2D eigenvalue weighted by atomic mass is 10.4. The van der Waals surface area contributed by atoms with Gasteiger partial charge in [-0.2, -0.15) is 0 Å². The number of H-pyrrole nitrogens is 1. The fourth-order valence-corrected chi connectivity index (χ4v) is 1.95. The van der Waals surface area contributed by atoms with Crippen LogP contribution in [-0.4, -0.2) is 26.2 Å². The zero-order valence-corrected chi connectivity index (χ0v) is 10.3. The van der Waals surface area contributed by atoms with Gasteiger partial charge >= 0.3 is 5.69 Å². The lowest BCUT2D eigenvalue weighted by Crippen LogP contribution is -2.30. The zero-order valence-electron chi connectivity index (χ0n) is 8.73. The predicted octanol–water partition coefficient (Wildman–Crippen LogP) is 0.131. The first-order valence-corrected chi connectivity index (χ1v) is 5.75. The van der Waals surface area contributed by atoms with E-state index < -0.39 is 11.2 Å². The van der Waals surface area contributed by atoms with Crippen LogP contribution in [0.25, 0.3) is 0 Å². The Kier molecular flexibility index (Phi) is 3.25. The smallest absolute Gasteiger partial charge is 0.328 e. The second-order valence-corrected chi connectivity index (χ2v) is 4.32. The minimum Gasteiger partial charge on any atom is -0.377 e. The van der Waals surface area contributed by atoms with Crippen molar-refractivity contribution >= 4 is 28.1 Å². The molecule has 0 aliphatic rings. The second-order valence-electron chi connectivity index (χ2n) is 3.16. The quantitative estimate of drug-likeness (QED) is 0.829. The van der Waals surface area contributed by atoms with Crippen LogP contribution in [0.5, 0.6) is 0 Å². The summed E-state index contributed by atoms with van der Waals surface area (Å²) in [4.78, 5) is 24.7. The molecule has 0 amide bonds. The Labute approximate surface area is 104 Å². The molecule has 0 atom stereocenters. The summed E-state index contributed by atoms with van der Waals surface area (Å²) in [6.07, 6.45) is 1.28. The van der Waals surface area contributed by atoms with Crippen LogP contribution in [0.3, 0.4) is 0 Å². The van der Waals surface area contributed by atoms with Gasteiger partial charge in [-0.15, -0.1) is 5.10 Å². The molecule has 0 saturated carbocycles. The number of hydrogen-bond donors (Lipinski definition) is 2. The van der Waals surface area contributed by atoms with Crippen LogP contribution in [0.15, 0.2) is 15.8 Å². The van der Waals surface area contributed by atoms with Crippen molar-refractivity contribution in [3.8, 4) is 0 Å². The van der Waals surface area contributed by atoms with Crippen molar-refractivity contribution in [3.63, 3.8) is 0 Å². The largest absolute Gasteiger partial charge is 0.377 e. The van der Waals surface area contributed by atoms with Crippen molar-refractivity contribution in [2.24, 2.45) is 0 Å². The first-order valence-electron chi connectivity index (χ1n) is 4.60. The Hall–Kier alpha value is -1.67. The normalized spacial score (nSPS) is 10.5. The van der Waals surface area contributed by atoms with Crippen LogP contribution >= 0.6 is 23.1 Å². The lowest BCUT2D eigenvalue weighted by molar-refractivity contribution is 0.703. The molecule has 0 spiro atoms. The molecule has 0 bridgehead atoms. The van der Waals surface area contributed by atoms with Crippen molar-refractivity contribution in [3.05, 3.63) is 37.8 Å². The van der Waals surface area contributed by atoms with E-state index >= 15 is 0 Å². The van der Waals surface area contributed by atoms with E-state index in [1.54, 1.807) is 7.05 Å². The number of nitrogens with zero attached hydrogens (tertiary/aromatic N) is 3. The molecule has 0 unspecified atom stereocenters. The van der Waals surface area contributed by atoms with Crippen LogP contribution in [0.1, 0.15) is 5.69 Å². The zero-order chi connectivity index (χ0) is 12.4. The number of nitrogens with one attached hydrogen (secondary N) is 2. The average Bonchev–Trinajstić information content (AvgIpc) is 2.73. The van der Waals surface area contributed by atoms with Crippen LogP contribution in [-0.2, 0) is 6.54 Å². The Morgan fingerprint density at radius 2 is 2.35 bits per heavy atom. The van der Waals surface area contributed by atoms with Crippen molar-refractivity contribution in [1.29, 1.82) is 0 Å². The molecule has 2 aromatic rings. The third kappa shape index (κ3) is 2.37. The van der Waals surface area contributed by atoms with E-state index in [0.29, 0.717) is 5.69 Å². The summed E-state index contributed by atoms with van der Waals surface area (Å²) in [5.41, 5.74) is -0.518. The predicted molar refractivity (Wildman–Crippen MR) is 64.9 cm³/mol. The first-order chi connectivity index (χ1) is 8.11. The molecule has 0 fully saturated rings. The van der Waals surface area contributed by atoms with Crippen molar-refractivity contribution in [2.75, 3.05) is 12.4 Å². The summed E-state index contributed by atoms with van der Waals surface area (Å²) in [5.74, 6) is 0. The molecule has 2 heterocycles. The maximum Gasteiger partial charge on any atom is 0.328 e. The molecule has 9 heteroatoms. The Balaban J connectivity index is 2.40. The number of hydrogen-bond acceptors (Lipinski definition) is 6. The summed E-state index contributed by atoms with van der Waals surface area (Å²) in [6.45, 7) is 0.196. The molecule has 0 aromatic carbocycles. The van der Waals surface area contributed by atoms with Crippen LogP contribution < -0.4 is 16.6 Å². The van der Waals surface area contributed by atoms with Gasteiger partial charge in [-0.3, -0.25) is 14.3 Å². The number of rotatable bonds is 3. The van der Waals surface area contributed by atoms with E-state index in [-0.39, 0.29) is 11.6 Å². The van der Waals surface area contributed by atoms with Gasteiger partial charge in [-0.25, -0.2) is 4.79 Å². The van der Waals surface area contributed by atoms with Crippen LogP contribution in [0.4, 0.5) is 5.00 Å². The van der Waals surface area contributed by atoms with E-state index in [0.717, 1.165) is 5.00 Å². The molecule has 2 N–H and O–H groups in total. The molecule has 90 valence electrons. The number of halogens is 1. The van der Waals surface area contributed by atoms with E-state index in [9.17, 15) is 9.59 Å². The van der Waals surface area contributed by atoms with Gasteiger partial charge in [0, 0.05) is 24.8 Å². The highest BCUT2D eigenvalue weighted by Gasteiger charge is 2.09. The SMILES string of the molecule is CNc1snnc1Cn1cc(Cl)c(=O)[nH]c1=O. The fraction of sp³-hybridized carbons (Fsp3) is 0.250. The van der Waals surface area contributed by atoms with Gasteiger partial charge in [0.1, 0.15) is 15.7 Å². The van der Waals surface area contributed by atoms with E-state index in [1.807, 2.05) is 0 Å². The van der Waals surface area contributed by atoms with Gasteiger partial charge in [-0.05, 0) is 0 Å². The molecule has 17 heavy (non-hydrogen) atoms. The Morgan fingerprint density at radius 3 is 3.06 bits per heavy atom. The average molecular weight is 274 g/mol. The topological polar surface area (TPSA) is 92.7 Å². The molecule has 0 aliphatic carbocycles. The molecule has 2 rings (SSSR count). The highest BCUT2D eigenvalue weighted by atomic mass is 35.5. The standard InChI is InChI=1S/C8H8ClN5O2S/c1-10-7-5(12-13-17-7)3-14-2-4(9)6(15)11-8(14)16/h2,10H,3H2,1H3,(H,11,15,16). The number of aromatic amines is 1. The minimum atomic E-state index is -0.599. The first kappa shape index (κ1) is 11.8. The van der Waals surface area contributed by atoms with Gasteiger partial charge < -0.3 is 5.32 Å². The van der Waals surface area contributed by atoms with E-state index in [2.05, 4.69) is 19.9 Å². The third-order valence-electron chi connectivity index (χ3n) is 2.07. The van der Waals surface area contributed by atoms with E-state index in [1.165, 1.54) is 22.3 Å². The molecule has 0 aliphatic heterocycles. The van der Waals surface area contributed by atoms with Crippen molar-refractivity contribution in [2.45, 2.75) is 6.54 Å². The van der Waals surface area contributed by atoms with Crippen LogP contribution in [0, 0.1) is 0 Å². The second kappa shape index (κ2) is 4.68. The van der Waals surface area contributed by atoms with Crippen LogP contribution in [0.2, 0.25) is 5.02 Å². The molecular formula is C8H8ClN5O2S. The van der Waals surface area contributed by atoms with Crippen molar-refractivity contribution in [1.82, 2.24) is 19.1 Å². The Morgan fingerprint density at radius 1 is 1.59 bits per heavy atom. The lowest BCUT2D eigenvalue weighted by Gasteiger charge is -2.04. The summed E-state index contributed by atoms with van der Waals surface area (Å²) in [6, 6.07) is 0. The van der Waals surface area contributed by atoms with Crippen molar-refractivity contribution < 1.29 is 0 Å².